The highest BCUT2D eigenvalue weighted by Crippen LogP contribution is 2.38. The van der Waals surface area contributed by atoms with Gasteiger partial charge in [0.25, 0.3) is 0 Å². The van der Waals surface area contributed by atoms with Crippen molar-refractivity contribution in [1.82, 2.24) is 10.5 Å². The van der Waals surface area contributed by atoms with Gasteiger partial charge in [0.1, 0.15) is 28.5 Å². The van der Waals surface area contributed by atoms with Crippen LogP contribution in [-0.4, -0.2) is 16.9 Å². The van der Waals surface area contributed by atoms with E-state index in [1.807, 2.05) is 32.0 Å². The zero-order chi connectivity index (χ0) is 23.0. The molecule has 2 aromatic carbocycles. The summed E-state index contributed by atoms with van der Waals surface area (Å²) in [5.41, 5.74) is 4.28. The van der Waals surface area contributed by atoms with Crippen LogP contribution in [0.2, 0.25) is 0 Å². The second kappa shape index (κ2) is 8.15. The van der Waals surface area contributed by atoms with Crippen molar-refractivity contribution in [1.29, 1.82) is 0 Å². The summed E-state index contributed by atoms with van der Waals surface area (Å²) in [6.45, 7) is 9.34. The van der Waals surface area contributed by atoms with Gasteiger partial charge >= 0.3 is 6.09 Å². The minimum atomic E-state index is -0.586. The Morgan fingerprint density at radius 1 is 1.09 bits per heavy atom. The van der Waals surface area contributed by atoms with E-state index >= 15 is 0 Å². The van der Waals surface area contributed by atoms with Gasteiger partial charge in [0, 0.05) is 16.5 Å². The third kappa shape index (κ3) is 4.51. The molecule has 32 heavy (non-hydrogen) atoms. The number of hydrogen-bond donors (Lipinski definition) is 1. The van der Waals surface area contributed by atoms with Crippen molar-refractivity contribution >= 4 is 17.1 Å². The molecule has 166 valence electrons. The van der Waals surface area contributed by atoms with Gasteiger partial charge in [0.2, 0.25) is 0 Å². The van der Waals surface area contributed by atoms with Crippen LogP contribution in [0.15, 0.2) is 51.4 Å². The molecule has 4 aromatic rings. The molecule has 0 aliphatic carbocycles. The van der Waals surface area contributed by atoms with Gasteiger partial charge in [-0.1, -0.05) is 17.3 Å². The van der Waals surface area contributed by atoms with E-state index < -0.39 is 11.7 Å². The Bertz CT molecular complexity index is 1260. The third-order valence-electron chi connectivity index (χ3n) is 4.95. The smallest absolute Gasteiger partial charge is 0.408 e. The van der Waals surface area contributed by atoms with Gasteiger partial charge in [-0.15, -0.1) is 0 Å². The normalized spacial score (nSPS) is 11.7. The number of aryl methyl sites for hydroxylation is 2. The monoisotopic (exact) mass is 436 g/mol. The van der Waals surface area contributed by atoms with Gasteiger partial charge in [0.15, 0.2) is 0 Å². The van der Waals surface area contributed by atoms with Crippen LogP contribution in [0.1, 0.15) is 38.0 Å². The fourth-order valence-electron chi connectivity index (χ4n) is 3.65. The fraction of sp³-hybridized carbons (Fsp3) is 0.280. The SMILES string of the molecule is Cc1noc(C)c1-c1cc(-c2ccc(F)cc2)c2oc(CNC(=O)OC(C)(C)C)cc2c1. The van der Waals surface area contributed by atoms with E-state index in [4.69, 9.17) is 13.7 Å². The largest absolute Gasteiger partial charge is 0.459 e. The van der Waals surface area contributed by atoms with E-state index in [0.29, 0.717) is 17.1 Å². The number of amides is 1. The van der Waals surface area contributed by atoms with E-state index in [2.05, 4.69) is 10.5 Å². The highest BCUT2D eigenvalue weighted by molar-refractivity contribution is 5.97. The van der Waals surface area contributed by atoms with Gasteiger partial charge in [0.05, 0.1) is 12.2 Å². The maximum Gasteiger partial charge on any atom is 0.408 e. The molecule has 4 rings (SSSR count). The van der Waals surface area contributed by atoms with Crippen LogP contribution >= 0.6 is 0 Å². The van der Waals surface area contributed by atoms with E-state index in [9.17, 15) is 9.18 Å². The Hall–Kier alpha value is -3.61. The van der Waals surface area contributed by atoms with Crippen LogP contribution in [0, 0.1) is 19.7 Å². The first kappa shape index (κ1) is 21.6. The van der Waals surface area contributed by atoms with Crippen LogP contribution in [0.4, 0.5) is 9.18 Å². The van der Waals surface area contributed by atoms with Gasteiger partial charge < -0.3 is 19.0 Å². The lowest BCUT2D eigenvalue weighted by Gasteiger charge is -2.19. The number of hydrogen-bond acceptors (Lipinski definition) is 5. The lowest BCUT2D eigenvalue weighted by atomic mass is 9.96. The quantitative estimate of drug-likeness (QED) is 0.393. The van der Waals surface area contributed by atoms with E-state index in [1.54, 1.807) is 32.9 Å². The van der Waals surface area contributed by atoms with Gasteiger partial charge in [-0.25, -0.2) is 9.18 Å². The molecule has 0 radical (unpaired) electrons. The molecule has 0 atom stereocenters. The van der Waals surface area contributed by atoms with Crippen LogP contribution in [0.3, 0.4) is 0 Å². The first-order valence-electron chi connectivity index (χ1n) is 10.3. The predicted octanol–water partition coefficient (Wildman–Crippen LogP) is 6.54. The average molecular weight is 436 g/mol. The molecule has 2 aromatic heterocycles. The highest BCUT2D eigenvalue weighted by Gasteiger charge is 2.19. The number of nitrogens with zero attached hydrogens (tertiary/aromatic N) is 1. The Morgan fingerprint density at radius 2 is 1.81 bits per heavy atom. The second-order valence-corrected chi connectivity index (χ2v) is 8.72. The zero-order valence-corrected chi connectivity index (χ0v) is 18.7. The summed E-state index contributed by atoms with van der Waals surface area (Å²) in [5.74, 6) is 0.973. The summed E-state index contributed by atoms with van der Waals surface area (Å²) in [5, 5.41) is 7.62. The second-order valence-electron chi connectivity index (χ2n) is 8.72. The number of benzene rings is 2. The van der Waals surface area contributed by atoms with Gasteiger partial charge in [-0.3, -0.25) is 0 Å². The summed E-state index contributed by atoms with van der Waals surface area (Å²) in [4.78, 5) is 12.0. The lowest BCUT2D eigenvalue weighted by molar-refractivity contribution is 0.0520. The number of fused-ring (bicyclic) bond motifs is 1. The number of rotatable bonds is 4. The molecule has 7 heteroatoms. The molecule has 0 spiro atoms. The summed E-state index contributed by atoms with van der Waals surface area (Å²) < 4.78 is 30.3. The molecule has 6 nitrogen and oxygen atoms in total. The first-order chi connectivity index (χ1) is 15.1. The maximum absolute atomic E-state index is 13.5. The number of nitrogens with one attached hydrogen (secondary N) is 1. The Balaban J connectivity index is 1.77. The van der Waals surface area contributed by atoms with Gasteiger partial charge in [-0.05, 0) is 76.1 Å². The molecule has 2 heterocycles. The molecular formula is C25H25FN2O4. The van der Waals surface area contributed by atoms with Crippen molar-refractivity contribution < 1.29 is 22.9 Å². The predicted molar refractivity (Wildman–Crippen MR) is 120 cm³/mol. The molecule has 1 amide bonds. The average Bonchev–Trinajstić information content (AvgIpc) is 3.27. The van der Waals surface area contributed by atoms with Gasteiger partial charge in [-0.2, -0.15) is 0 Å². The number of carbonyl (C=O) groups excluding carboxylic acids is 1. The summed E-state index contributed by atoms with van der Waals surface area (Å²) in [6.07, 6.45) is -0.520. The van der Waals surface area contributed by atoms with Crippen molar-refractivity contribution in [2.75, 3.05) is 0 Å². The molecule has 0 saturated heterocycles. The van der Waals surface area contributed by atoms with Crippen LogP contribution < -0.4 is 5.32 Å². The summed E-state index contributed by atoms with van der Waals surface area (Å²) in [7, 11) is 0. The third-order valence-corrected chi connectivity index (χ3v) is 4.95. The summed E-state index contributed by atoms with van der Waals surface area (Å²) >= 11 is 0. The van der Waals surface area contributed by atoms with Crippen molar-refractivity contribution in [2.45, 2.75) is 46.8 Å². The molecule has 1 N–H and O–H groups in total. The van der Waals surface area contributed by atoms with Crippen molar-refractivity contribution in [3.8, 4) is 22.3 Å². The molecule has 0 bridgehead atoms. The number of alkyl carbamates (subject to hydrolysis) is 1. The minimum absolute atomic E-state index is 0.174. The zero-order valence-electron chi connectivity index (χ0n) is 18.7. The van der Waals surface area contributed by atoms with E-state index in [0.717, 1.165) is 33.3 Å². The number of ether oxygens (including phenoxy) is 1. The van der Waals surface area contributed by atoms with E-state index in [1.165, 1.54) is 12.1 Å². The summed E-state index contributed by atoms with van der Waals surface area (Å²) in [6, 6.07) is 12.1. The molecule has 0 saturated carbocycles. The van der Waals surface area contributed by atoms with Crippen molar-refractivity contribution in [3.63, 3.8) is 0 Å². The Morgan fingerprint density at radius 3 is 2.44 bits per heavy atom. The topological polar surface area (TPSA) is 77.5 Å². The molecular weight excluding hydrogens is 411 g/mol. The first-order valence-corrected chi connectivity index (χ1v) is 10.3. The molecule has 0 aliphatic heterocycles. The Kier molecular flexibility index (Phi) is 5.50. The van der Waals surface area contributed by atoms with Crippen molar-refractivity contribution in [2.24, 2.45) is 0 Å². The van der Waals surface area contributed by atoms with Crippen LogP contribution in [0.25, 0.3) is 33.2 Å². The molecule has 0 unspecified atom stereocenters. The highest BCUT2D eigenvalue weighted by atomic mass is 19.1. The van der Waals surface area contributed by atoms with Crippen LogP contribution in [-0.2, 0) is 11.3 Å². The number of carbonyl (C=O) groups is 1. The molecule has 0 fully saturated rings. The standard InChI is InChI=1S/C25H25FN2O4/c1-14-22(15(2)32-28-14)17-10-18-11-20(13-27-24(29)31-25(3,4)5)30-23(18)21(12-17)16-6-8-19(26)9-7-16/h6-12H,13H2,1-5H3,(H,27,29). The number of halogens is 1. The Labute approximate surface area is 185 Å². The van der Waals surface area contributed by atoms with E-state index in [-0.39, 0.29) is 12.4 Å². The number of furan rings is 1. The molecule has 0 aliphatic rings. The number of aromatic nitrogens is 1. The van der Waals surface area contributed by atoms with Crippen molar-refractivity contribution in [3.05, 3.63) is 65.5 Å². The lowest BCUT2D eigenvalue weighted by Crippen LogP contribution is -2.32. The fourth-order valence-corrected chi connectivity index (χ4v) is 3.65. The van der Waals surface area contributed by atoms with Crippen LogP contribution in [0.5, 0.6) is 0 Å². The minimum Gasteiger partial charge on any atom is -0.459 e. The maximum atomic E-state index is 13.5.